The predicted octanol–water partition coefficient (Wildman–Crippen LogP) is 3.90. The van der Waals surface area contributed by atoms with Crippen molar-refractivity contribution >= 4 is 6.09 Å². The molecule has 0 aromatic heterocycles. The number of nitrogens with one attached hydrogen (secondary N) is 2. The molecular weight excluding hydrogens is 368 g/mol. The lowest BCUT2D eigenvalue weighted by Gasteiger charge is -2.27. The van der Waals surface area contributed by atoms with Crippen molar-refractivity contribution in [1.29, 1.82) is 0 Å². The molecule has 1 amide bonds. The van der Waals surface area contributed by atoms with Gasteiger partial charge in [-0.1, -0.05) is 43.2 Å². The lowest BCUT2D eigenvalue weighted by Crippen LogP contribution is -2.50. The highest BCUT2D eigenvalue weighted by Crippen LogP contribution is 2.19. The molecule has 0 atom stereocenters. The second-order valence-corrected chi connectivity index (χ2v) is 7.12. The van der Waals surface area contributed by atoms with Crippen molar-refractivity contribution in [2.45, 2.75) is 38.4 Å². The molecule has 29 heavy (non-hydrogen) atoms. The Balaban J connectivity index is 1.15. The third kappa shape index (κ3) is 8.03. The van der Waals surface area contributed by atoms with Crippen LogP contribution in [0.2, 0.25) is 0 Å². The minimum atomic E-state index is -0.363. The topological polar surface area (TPSA) is 68.8 Å². The average molecular weight is 399 g/mol. The molecule has 6 nitrogen and oxygen atoms in total. The minimum Gasteiger partial charge on any atom is -0.494 e. The van der Waals surface area contributed by atoms with Crippen LogP contribution in [0.5, 0.6) is 11.5 Å². The third-order valence-corrected chi connectivity index (χ3v) is 4.69. The number of ether oxygens (including phenoxy) is 3. The number of carbonyl (C=O) groups is 1. The molecule has 0 spiro atoms. The van der Waals surface area contributed by atoms with Gasteiger partial charge in [0.15, 0.2) is 0 Å². The summed E-state index contributed by atoms with van der Waals surface area (Å²) in [7, 11) is 0. The standard InChI is InChI=1S/C23H30N2O4/c26-23(28-18-19-8-4-3-5-9-19)25-14-6-1-2-7-15-27-20-10-12-21(13-11-20)29-22-16-24-17-22/h3-5,8-13,22,24H,1-2,6-7,14-18H2,(H,25,26). The van der Waals surface area contributed by atoms with Crippen molar-refractivity contribution in [2.24, 2.45) is 0 Å². The fourth-order valence-electron chi connectivity index (χ4n) is 2.89. The van der Waals surface area contributed by atoms with E-state index in [1.165, 1.54) is 0 Å². The lowest BCUT2D eigenvalue weighted by molar-refractivity contribution is 0.139. The Labute approximate surface area is 172 Å². The van der Waals surface area contributed by atoms with Crippen molar-refractivity contribution in [1.82, 2.24) is 10.6 Å². The Morgan fingerprint density at radius 1 is 0.931 bits per heavy atom. The van der Waals surface area contributed by atoms with E-state index < -0.39 is 0 Å². The van der Waals surface area contributed by atoms with Gasteiger partial charge in [0.1, 0.15) is 24.2 Å². The Hall–Kier alpha value is -2.73. The molecule has 0 saturated carbocycles. The summed E-state index contributed by atoms with van der Waals surface area (Å²) in [6.07, 6.45) is 3.97. The van der Waals surface area contributed by atoms with Gasteiger partial charge in [-0.05, 0) is 42.7 Å². The van der Waals surface area contributed by atoms with Crippen LogP contribution in [0.3, 0.4) is 0 Å². The van der Waals surface area contributed by atoms with Crippen molar-refractivity contribution < 1.29 is 19.0 Å². The van der Waals surface area contributed by atoms with Gasteiger partial charge >= 0.3 is 6.09 Å². The summed E-state index contributed by atoms with van der Waals surface area (Å²) in [5, 5.41) is 5.97. The van der Waals surface area contributed by atoms with Crippen molar-refractivity contribution in [3.63, 3.8) is 0 Å². The van der Waals surface area contributed by atoms with Crippen molar-refractivity contribution in [2.75, 3.05) is 26.2 Å². The maximum atomic E-state index is 11.6. The Morgan fingerprint density at radius 2 is 1.66 bits per heavy atom. The normalized spacial score (nSPS) is 13.4. The Morgan fingerprint density at radius 3 is 2.38 bits per heavy atom. The molecule has 2 N–H and O–H groups in total. The zero-order valence-corrected chi connectivity index (χ0v) is 16.8. The van der Waals surface area contributed by atoms with E-state index >= 15 is 0 Å². The van der Waals surface area contributed by atoms with Gasteiger partial charge in [0.2, 0.25) is 0 Å². The minimum absolute atomic E-state index is 0.293. The van der Waals surface area contributed by atoms with E-state index in [4.69, 9.17) is 14.2 Å². The number of benzene rings is 2. The largest absolute Gasteiger partial charge is 0.494 e. The Kier molecular flexibility index (Phi) is 8.66. The molecule has 2 aromatic carbocycles. The van der Waals surface area contributed by atoms with Gasteiger partial charge in [-0.2, -0.15) is 0 Å². The summed E-state index contributed by atoms with van der Waals surface area (Å²) in [5.41, 5.74) is 0.987. The first-order valence-electron chi connectivity index (χ1n) is 10.3. The van der Waals surface area contributed by atoms with E-state index in [1.54, 1.807) is 0 Å². The highest BCUT2D eigenvalue weighted by atomic mass is 16.5. The lowest BCUT2D eigenvalue weighted by atomic mass is 10.2. The number of carbonyl (C=O) groups excluding carboxylic acids is 1. The molecule has 0 unspecified atom stereocenters. The van der Waals surface area contributed by atoms with E-state index in [9.17, 15) is 4.79 Å². The van der Waals surface area contributed by atoms with Crippen LogP contribution in [0.4, 0.5) is 4.79 Å². The molecule has 6 heteroatoms. The number of rotatable bonds is 12. The maximum Gasteiger partial charge on any atom is 0.407 e. The van der Waals surface area contributed by atoms with Crippen LogP contribution in [-0.2, 0) is 11.3 Å². The SMILES string of the molecule is O=C(NCCCCCCOc1ccc(OC2CNC2)cc1)OCc1ccccc1. The fourth-order valence-corrected chi connectivity index (χ4v) is 2.89. The van der Waals surface area contributed by atoms with Gasteiger partial charge in [-0.3, -0.25) is 0 Å². The zero-order chi connectivity index (χ0) is 20.2. The summed E-state index contributed by atoms with van der Waals surface area (Å²) >= 11 is 0. The molecule has 1 aliphatic rings. The van der Waals surface area contributed by atoms with Gasteiger partial charge in [-0.15, -0.1) is 0 Å². The second-order valence-electron chi connectivity index (χ2n) is 7.12. The molecule has 1 saturated heterocycles. The number of amides is 1. The summed E-state index contributed by atoms with van der Waals surface area (Å²) in [6, 6.07) is 17.5. The van der Waals surface area contributed by atoms with E-state index in [1.807, 2.05) is 54.6 Å². The second kappa shape index (κ2) is 12.0. The van der Waals surface area contributed by atoms with Crippen LogP contribution in [0.25, 0.3) is 0 Å². The van der Waals surface area contributed by atoms with Gasteiger partial charge in [0.05, 0.1) is 6.61 Å². The Bertz CT molecular complexity index is 717. The quantitative estimate of drug-likeness (QED) is 0.531. The molecule has 0 bridgehead atoms. The summed E-state index contributed by atoms with van der Waals surface area (Å²) in [6.45, 7) is 3.46. The average Bonchev–Trinajstić information content (AvgIpc) is 2.73. The van der Waals surface area contributed by atoms with E-state index in [2.05, 4.69) is 10.6 Å². The molecule has 2 aromatic rings. The highest BCUT2D eigenvalue weighted by Gasteiger charge is 2.17. The van der Waals surface area contributed by atoms with E-state index in [0.717, 1.165) is 55.8 Å². The monoisotopic (exact) mass is 398 g/mol. The molecule has 156 valence electrons. The molecule has 1 heterocycles. The van der Waals surface area contributed by atoms with Crippen LogP contribution in [0.15, 0.2) is 54.6 Å². The van der Waals surface area contributed by atoms with Crippen LogP contribution in [0.1, 0.15) is 31.2 Å². The fraction of sp³-hybridized carbons (Fsp3) is 0.435. The number of hydrogen-bond donors (Lipinski definition) is 2. The first kappa shape index (κ1) is 21.0. The number of unbranched alkanes of at least 4 members (excludes halogenated alkanes) is 3. The van der Waals surface area contributed by atoms with Crippen LogP contribution >= 0.6 is 0 Å². The van der Waals surface area contributed by atoms with Gasteiger partial charge in [-0.25, -0.2) is 4.79 Å². The van der Waals surface area contributed by atoms with Gasteiger partial charge in [0, 0.05) is 19.6 Å². The number of alkyl carbamates (subject to hydrolysis) is 1. The first-order chi connectivity index (χ1) is 14.3. The smallest absolute Gasteiger partial charge is 0.407 e. The van der Waals surface area contributed by atoms with Crippen LogP contribution < -0.4 is 20.1 Å². The molecule has 3 rings (SSSR count). The molecule has 1 aliphatic heterocycles. The zero-order valence-electron chi connectivity index (χ0n) is 16.8. The maximum absolute atomic E-state index is 11.6. The first-order valence-corrected chi connectivity index (χ1v) is 10.3. The molecule has 0 radical (unpaired) electrons. The summed E-state index contributed by atoms with van der Waals surface area (Å²) < 4.78 is 16.7. The number of hydrogen-bond acceptors (Lipinski definition) is 5. The van der Waals surface area contributed by atoms with Crippen LogP contribution in [-0.4, -0.2) is 38.4 Å². The van der Waals surface area contributed by atoms with Crippen LogP contribution in [0, 0.1) is 0 Å². The van der Waals surface area contributed by atoms with Gasteiger partial charge in [0.25, 0.3) is 0 Å². The van der Waals surface area contributed by atoms with Gasteiger partial charge < -0.3 is 24.8 Å². The summed E-state index contributed by atoms with van der Waals surface area (Å²) in [5.74, 6) is 1.76. The van der Waals surface area contributed by atoms with E-state index in [0.29, 0.717) is 25.9 Å². The summed E-state index contributed by atoms with van der Waals surface area (Å²) in [4.78, 5) is 11.6. The highest BCUT2D eigenvalue weighted by molar-refractivity contribution is 5.67. The predicted molar refractivity (Wildman–Crippen MR) is 112 cm³/mol. The van der Waals surface area contributed by atoms with E-state index in [-0.39, 0.29) is 6.09 Å². The van der Waals surface area contributed by atoms with Crippen molar-refractivity contribution in [3.05, 3.63) is 60.2 Å². The molecule has 0 aliphatic carbocycles. The molecule has 1 fully saturated rings. The third-order valence-electron chi connectivity index (χ3n) is 4.69. The molecular formula is C23H30N2O4. The van der Waals surface area contributed by atoms with Crippen molar-refractivity contribution in [3.8, 4) is 11.5 Å².